The predicted octanol–water partition coefficient (Wildman–Crippen LogP) is 1.45. The molecule has 1 unspecified atom stereocenters. The van der Waals surface area contributed by atoms with E-state index in [-0.39, 0.29) is 23.6 Å². The van der Waals surface area contributed by atoms with E-state index in [1.54, 1.807) is 0 Å². The quantitative estimate of drug-likeness (QED) is 0.731. The molecule has 3 N–H and O–H groups in total. The average Bonchev–Trinajstić information content (AvgIpc) is 2.11. The number of likely N-dealkylation sites (N-methyl/N-ethyl adjacent to an activating group) is 1. The van der Waals surface area contributed by atoms with Gasteiger partial charge in [-0.1, -0.05) is 20.8 Å². The van der Waals surface area contributed by atoms with Crippen LogP contribution in [0.4, 0.5) is 0 Å². The third-order valence-electron chi connectivity index (χ3n) is 3.31. The van der Waals surface area contributed by atoms with E-state index in [0.717, 1.165) is 13.0 Å². The lowest BCUT2D eigenvalue weighted by molar-refractivity contribution is 0.0734. The first-order valence-electron chi connectivity index (χ1n) is 5.69. The second kappa shape index (κ2) is 5.28. The Morgan fingerprint density at radius 1 is 1.20 bits per heavy atom. The first-order chi connectivity index (χ1) is 6.61. The molecule has 0 aromatic carbocycles. The molecule has 3 nitrogen and oxygen atoms in total. The van der Waals surface area contributed by atoms with Crippen molar-refractivity contribution in [3.63, 3.8) is 0 Å². The summed E-state index contributed by atoms with van der Waals surface area (Å²) in [6.07, 6.45) is 0.962. The van der Waals surface area contributed by atoms with Crippen LogP contribution in [0, 0.1) is 5.41 Å². The summed E-state index contributed by atoms with van der Waals surface area (Å²) in [6.45, 7) is 11.7. The van der Waals surface area contributed by atoms with E-state index < -0.39 is 0 Å². The minimum Gasteiger partial charge on any atom is -0.394 e. The second-order valence-electron chi connectivity index (χ2n) is 6.15. The van der Waals surface area contributed by atoms with Crippen LogP contribution in [0.3, 0.4) is 0 Å². The standard InChI is InChI=1S/C12H28N2O/c1-11(2,3)10(13)7-8-14(6)12(4,5)9-15/h10,15H,7-9,13H2,1-6H3. The van der Waals surface area contributed by atoms with E-state index >= 15 is 0 Å². The van der Waals surface area contributed by atoms with Gasteiger partial charge in [-0.25, -0.2) is 0 Å². The highest BCUT2D eigenvalue weighted by Gasteiger charge is 2.25. The molecular formula is C12H28N2O. The Morgan fingerprint density at radius 3 is 2.00 bits per heavy atom. The van der Waals surface area contributed by atoms with E-state index in [1.165, 1.54) is 0 Å². The Bertz CT molecular complexity index is 185. The molecule has 0 radical (unpaired) electrons. The molecule has 15 heavy (non-hydrogen) atoms. The number of nitrogens with zero attached hydrogens (tertiary/aromatic N) is 1. The van der Waals surface area contributed by atoms with Crippen LogP contribution in [-0.2, 0) is 0 Å². The summed E-state index contributed by atoms with van der Waals surface area (Å²) in [7, 11) is 2.03. The van der Waals surface area contributed by atoms with Gasteiger partial charge in [-0.3, -0.25) is 4.90 Å². The number of aliphatic hydroxyl groups is 1. The molecule has 0 spiro atoms. The normalized spacial score (nSPS) is 15.8. The zero-order valence-electron chi connectivity index (χ0n) is 11.2. The van der Waals surface area contributed by atoms with Crippen molar-refractivity contribution in [2.45, 2.75) is 52.6 Å². The second-order valence-corrected chi connectivity index (χ2v) is 6.15. The Labute approximate surface area is 94.6 Å². The van der Waals surface area contributed by atoms with Crippen LogP contribution in [0.1, 0.15) is 41.0 Å². The van der Waals surface area contributed by atoms with Gasteiger partial charge in [0.1, 0.15) is 0 Å². The summed E-state index contributed by atoms with van der Waals surface area (Å²) in [6, 6.07) is 0.203. The van der Waals surface area contributed by atoms with Gasteiger partial charge in [0.05, 0.1) is 6.61 Å². The molecule has 0 aliphatic heterocycles. The monoisotopic (exact) mass is 216 g/mol. The molecular weight excluding hydrogens is 188 g/mol. The summed E-state index contributed by atoms with van der Waals surface area (Å²) in [5, 5.41) is 9.22. The Morgan fingerprint density at radius 2 is 1.67 bits per heavy atom. The summed E-state index contributed by atoms with van der Waals surface area (Å²) in [5.74, 6) is 0. The van der Waals surface area contributed by atoms with E-state index in [1.807, 2.05) is 20.9 Å². The smallest absolute Gasteiger partial charge is 0.0609 e. The maximum absolute atomic E-state index is 9.22. The van der Waals surface area contributed by atoms with Gasteiger partial charge in [0.15, 0.2) is 0 Å². The van der Waals surface area contributed by atoms with Crippen molar-refractivity contribution < 1.29 is 5.11 Å². The van der Waals surface area contributed by atoms with Crippen LogP contribution in [0.25, 0.3) is 0 Å². The van der Waals surface area contributed by atoms with E-state index in [0.29, 0.717) is 0 Å². The highest BCUT2D eigenvalue weighted by molar-refractivity contribution is 4.82. The van der Waals surface area contributed by atoms with Crippen LogP contribution in [0.2, 0.25) is 0 Å². The molecule has 1 atom stereocenters. The third kappa shape index (κ3) is 4.96. The molecule has 0 saturated heterocycles. The summed E-state index contributed by atoms with van der Waals surface area (Å²) in [4.78, 5) is 2.17. The van der Waals surface area contributed by atoms with Crippen LogP contribution in [-0.4, -0.2) is 41.8 Å². The van der Waals surface area contributed by atoms with Crippen molar-refractivity contribution in [3.8, 4) is 0 Å². The molecule has 0 fully saturated rings. The number of hydrogen-bond donors (Lipinski definition) is 2. The van der Waals surface area contributed by atoms with Gasteiger partial charge < -0.3 is 10.8 Å². The predicted molar refractivity (Wildman–Crippen MR) is 65.8 cm³/mol. The SMILES string of the molecule is CN(CCC(N)C(C)(C)C)C(C)(C)CO. The molecule has 0 aromatic heterocycles. The molecule has 92 valence electrons. The van der Waals surface area contributed by atoms with Gasteiger partial charge in [-0.15, -0.1) is 0 Å². The zero-order chi connectivity index (χ0) is 12.3. The molecule has 0 rings (SSSR count). The van der Waals surface area contributed by atoms with E-state index in [9.17, 15) is 5.11 Å². The van der Waals surface area contributed by atoms with Gasteiger partial charge in [-0.2, -0.15) is 0 Å². The van der Waals surface area contributed by atoms with Crippen LogP contribution in [0.15, 0.2) is 0 Å². The van der Waals surface area contributed by atoms with E-state index in [2.05, 4.69) is 25.7 Å². The fourth-order valence-corrected chi connectivity index (χ4v) is 1.19. The van der Waals surface area contributed by atoms with Gasteiger partial charge in [0, 0.05) is 11.6 Å². The minimum absolute atomic E-state index is 0.155. The maximum atomic E-state index is 9.22. The Balaban J connectivity index is 4.07. The summed E-state index contributed by atoms with van der Waals surface area (Å²) >= 11 is 0. The number of hydrogen-bond acceptors (Lipinski definition) is 3. The van der Waals surface area contributed by atoms with Crippen LogP contribution >= 0.6 is 0 Å². The highest BCUT2D eigenvalue weighted by atomic mass is 16.3. The average molecular weight is 216 g/mol. The molecule has 0 saturated carbocycles. The fourth-order valence-electron chi connectivity index (χ4n) is 1.19. The molecule has 0 heterocycles. The van der Waals surface area contributed by atoms with Crippen molar-refractivity contribution in [1.82, 2.24) is 4.90 Å². The number of aliphatic hydroxyl groups excluding tert-OH is 1. The van der Waals surface area contributed by atoms with Crippen molar-refractivity contribution in [2.75, 3.05) is 20.2 Å². The van der Waals surface area contributed by atoms with E-state index in [4.69, 9.17) is 5.73 Å². The molecule has 0 bridgehead atoms. The van der Waals surface area contributed by atoms with Crippen LogP contribution < -0.4 is 5.73 Å². The largest absolute Gasteiger partial charge is 0.394 e. The molecule has 3 heteroatoms. The van der Waals surface area contributed by atoms with Crippen molar-refractivity contribution in [2.24, 2.45) is 11.1 Å². The fraction of sp³-hybridized carbons (Fsp3) is 1.00. The van der Waals surface area contributed by atoms with Gasteiger partial charge in [0.25, 0.3) is 0 Å². The zero-order valence-corrected chi connectivity index (χ0v) is 11.2. The van der Waals surface area contributed by atoms with Crippen LogP contribution in [0.5, 0.6) is 0 Å². The van der Waals surface area contributed by atoms with Crippen molar-refractivity contribution in [3.05, 3.63) is 0 Å². The first-order valence-corrected chi connectivity index (χ1v) is 5.69. The lowest BCUT2D eigenvalue weighted by Gasteiger charge is -2.36. The maximum Gasteiger partial charge on any atom is 0.0609 e. The molecule has 0 amide bonds. The Hall–Kier alpha value is -0.120. The number of nitrogens with two attached hydrogens (primary N) is 1. The first kappa shape index (κ1) is 14.9. The van der Waals surface area contributed by atoms with Gasteiger partial charge in [0.2, 0.25) is 0 Å². The topological polar surface area (TPSA) is 49.5 Å². The van der Waals surface area contributed by atoms with Crippen molar-refractivity contribution >= 4 is 0 Å². The molecule has 0 aliphatic carbocycles. The third-order valence-corrected chi connectivity index (χ3v) is 3.31. The van der Waals surface area contributed by atoms with Gasteiger partial charge in [-0.05, 0) is 39.3 Å². The minimum atomic E-state index is -0.155. The highest BCUT2D eigenvalue weighted by Crippen LogP contribution is 2.21. The lowest BCUT2D eigenvalue weighted by atomic mass is 9.85. The van der Waals surface area contributed by atoms with Crippen molar-refractivity contribution in [1.29, 1.82) is 0 Å². The van der Waals surface area contributed by atoms with Gasteiger partial charge >= 0.3 is 0 Å². The molecule has 0 aliphatic rings. The lowest BCUT2D eigenvalue weighted by Crippen LogP contribution is -2.47. The summed E-state index contributed by atoms with van der Waals surface area (Å²) in [5.41, 5.74) is 6.10. The summed E-state index contributed by atoms with van der Waals surface area (Å²) < 4.78 is 0. The number of rotatable bonds is 5. The molecule has 0 aromatic rings. The Kier molecular flexibility index (Phi) is 5.24.